The van der Waals surface area contributed by atoms with E-state index in [-0.39, 0.29) is 27.8 Å². The molecule has 2 aliphatic heterocycles. The number of allylic oxidation sites excluding steroid dienone is 7. The van der Waals surface area contributed by atoms with Gasteiger partial charge in [-0.3, -0.25) is 4.79 Å². The lowest BCUT2D eigenvalue weighted by Gasteiger charge is -2.27. The molecule has 58 heavy (non-hydrogen) atoms. The minimum Gasteiger partial charge on any atom is -0.748 e. The number of carbonyl (C=O) groups excluding carboxylic acids is 1. The molecular weight excluding hydrogens is 757 g/mol. The van der Waals surface area contributed by atoms with Gasteiger partial charge in [-0.2, -0.15) is 4.58 Å². The quantitative estimate of drug-likeness (QED) is 0.0657. The number of Topliss-reactive ketones (excluding diaryl/α,β-unsaturated/α-hetero) is 1. The third-order valence-electron chi connectivity index (χ3n) is 11.8. The lowest BCUT2D eigenvalue weighted by atomic mass is 9.81. The van der Waals surface area contributed by atoms with Crippen LogP contribution >= 0.6 is 11.8 Å². The summed E-state index contributed by atoms with van der Waals surface area (Å²) in [7, 11) is -4.26. The highest BCUT2D eigenvalue weighted by Crippen LogP contribution is 2.49. The van der Waals surface area contributed by atoms with E-state index in [0.717, 1.165) is 60.5 Å². The second kappa shape index (κ2) is 17.7. The first-order chi connectivity index (χ1) is 27.4. The van der Waals surface area contributed by atoms with Gasteiger partial charge in [-0.05, 0) is 92.4 Å². The Morgan fingerprint density at radius 3 is 2.24 bits per heavy atom. The monoisotopic (exact) mass is 818 g/mol. The molecule has 0 N–H and O–H groups in total. The number of hydrogen-bond acceptors (Lipinski definition) is 6. The van der Waals surface area contributed by atoms with Gasteiger partial charge in [0.25, 0.3) is 0 Å². The Morgan fingerprint density at radius 2 is 1.55 bits per heavy atom. The van der Waals surface area contributed by atoms with Crippen LogP contribution in [0.15, 0.2) is 124 Å². The van der Waals surface area contributed by atoms with Crippen LogP contribution in [0.2, 0.25) is 0 Å². The minimum atomic E-state index is -4.26. The number of rotatable bonds is 15. The third kappa shape index (κ3) is 9.89. The van der Waals surface area contributed by atoms with Crippen molar-refractivity contribution in [2.45, 2.75) is 122 Å². The Morgan fingerprint density at radius 1 is 0.862 bits per heavy atom. The zero-order valence-electron chi connectivity index (χ0n) is 35.9. The molecule has 0 amide bonds. The number of fused-ring (bicyclic) bond motifs is 2. The largest absolute Gasteiger partial charge is 0.748 e. The highest BCUT2D eigenvalue weighted by atomic mass is 32.2. The molecule has 0 spiro atoms. The summed E-state index contributed by atoms with van der Waals surface area (Å²) in [5.74, 6) is -0.179. The molecule has 1 aliphatic carbocycles. The fraction of sp³-hybridized carbons (Fsp3) is 0.440. The summed E-state index contributed by atoms with van der Waals surface area (Å²) in [5.41, 5.74) is 10.4. The fourth-order valence-corrected chi connectivity index (χ4v) is 10.4. The van der Waals surface area contributed by atoms with Crippen LogP contribution in [-0.4, -0.2) is 47.9 Å². The van der Waals surface area contributed by atoms with E-state index in [0.29, 0.717) is 25.8 Å². The minimum absolute atomic E-state index is 0.0748. The van der Waals surface area contributed by atoms with Crippen LogP contribution in [0.5, 0.6) is 0 Å². The van der Waals surface area contributed by atoms with E-state index in [1.54, 1.807) is 11.8 Å². The van der Waals surface area contributed by atoms with E-state index in [9.17, 15) is 17.8 Å². The highest BCUT2D eigenvalue weighted by Gasteiger charge is 2.44. The van der Waals surface area contributed by atoms with Crippen molar-refractivity contribution in [2.24, 2.45) is 5.41 Å². The molecule has 0 saturated heterocycles. The molecule has 6 nitrogen and oxygen atoms in total. The van der Waals surface area contributed by atoms with Crippen LogP contribution in [0.25, 0.3) is 0 Å². The predicted octanol–water partition coefficient (Wildman–Crippen LogP) is 12.2. The van der Waals surface area contributed by atoms with E-state index >= 15 is 0 Å². The van der Waals surface area contributed by atoms with E-state index in [1.165, 1.54) is 38.6 Å². The third-order valence-corrected chi connectivity index (χ3v) is 13.8. The van der Waals surface area contributed by atoms with Gasteiger partial charge in [0.2, 0.25) is 5.69 Å². The molecule has 6 rings (SSSR count). The number of thioether (sulfide) groups is 1. The molecule has 3 aliphatic rings. The zero-order valence-corrected chi connectivity index (χ0v) is 37.5. The van der Waals surface area contributed by atoms with Gasteiger partial charge >= 0.3 is 0 Å². The molecule has 0 unspecified atom stereocenters. The number of carbonyl (C=O) groups is 1. The van der Waals surface area contributed by atoms with Crippen LogP contribution in [0, 0.1) is 5.41 Å². The SMILES string of the molecule is CCCCN1/C(=C/C=C2\CCCC(/C=C/C3=[N+](CCCCS(=O)(=O)[O-])c4ccccc4C3(C)C)=C2Sc2ccc(C(=O)CC(C)(C)C)cc2)C(C)(C)c2ccccc21. The van der Waals surface area contributed by atoms with E-state index in [1.807, 2.05) is 12.1 Å². The molecule has 0 atom stereocenters. The Bertz CT molecular complexity index is 2280. The number of benzene rings is 3. The van der Waals surface area contributed by atoms with E-state index in [2.05, 4.69) is 150 Å². The smallest absolute Gasteiger partial charge is 0.209 e. The Balaban J connectivity index is 1.42. The van der Waals surface area contributed by atoms with Crippen molar-refractivity contribution in [2.75, 3.05) is 23.7 Å². The molecule has 3 aromatic carbocycles. The average Bonchev–Trinajstić information content (AvgIpc) is 3.51. The van der Waals surface area contributed by atoms with Gasteiger partial charge < -0.3 is 9.45 Å². The first-order valence-corrected chi connectivity index (χ1v) is 23.5. The van der Waals surface area contributed by atoms with Gasteiger partial charge in [0, 0.05) is 75.0 Å². The maximum absolute atomic E-state index is 13.1. The molecule has 2 heterocycles. The number of hydrogen-bond donors (Lipinski definition) is 0. The normalized spacial score (nSPS) is 19.2. The molecule has 0 radical (unpaired) electrons. The first-order valence-electron chi connectivity index (χ1n) is 21.1. The summed E-state index contributed by atoms with van der Waals surface area (Å²) >= 11 is 1.78. The Labute approximate surface area is 352 Å². The lowest BCUT2D eigenvalue weighted by molar-refractivity contribution is -0.438. The van der Waals surface area contributed by atoms with Crippen molar-refractivity contribution in [3.63, 3.8) is 0 Å². The van der Waals surface area contributed by atoms with Gasteiger partial charge in [0.15, 0.2) is 11.5 Å². The maximum Gasteiger partial charge on any atom is 0.209 e. The molecule has 3 aromatic rings. The number of unbranched alkanes of at least 4 members (excludes halogenated alkanes) is 2. The molecule has 0 saturated carbocycles. The predicted molar refractivity (Wildman–Crippen MR) is 242 cm³/mol. The van der Waals surface area contributed by atoms with Crippen LogP contribution in [0.3, 0.4) is 0 Å². The lowest BCUT2D eigenvalue weighted by Crippen LogP contribution is -2.28. The number of para-hydroxylation sites is 2. The summed E-state index contributed by atoms with van der Waals surface area (Å²) in [5, 5.41) is 0. The fourth-order valence-electron chi connectivity index (χ4n) is 8.75. The standard InChI is InChI=1S/C50H62N2O4S2/c1-9-10-32-51-42-22-13-11-20-40(42)49(5,6)45(51)30-26-37-18-17-19-38(47(37)57-39-28-24-36(25-29-39)44(53)35-48(2,3)4)27-31-46-50(7,8)41-21-12-14-23-43(41)52(46)33-15-16-34-58(54,55)56/h11-14,20-31H,9-10,15-19,32-35H2,1-8H3. The first kappa shape index (κ1) is 43.6. The van der Waals surface area contributed by atoms with Gasteiger partial charge in [-0.1, -0.05) is 120 Å². The highest BCUT2D eigenvalue weighted by molar-refractivity contribution is 8.03. The molecule has 8 heteroatoms. The molecule has 308 valence electrons. The molecule has 0 fully saturated rings. The van der Waals surface area contributed by atoms with E-state index < -0.39 is 10.1 Å². The summed E-state index contributed by atoms with van der Waals surface area (Å²) in [6.45, 7) is 19.4. The number of ketones is 1. The van der Waals surface area contributed by atoms with Crippen LogP contribution in [0.4, 0.5) is 11.4 Å². The zero-order chi connectivity index (χ0) is 41.9. The van der Waals surface area contributed by atoms with Gasteiger partial charge in [0.1, 0.15) is 6.54 Å². The van der Waals surface area contributed by atoms with Crippen molar-refractivity contribution in [1.82, 2.24) is 0 Å². The summed E-state index contributed by atoms with van der Waals surface area (Å²) < 4.78 is 36.5. The van der Waals surface area contributed by atoms with E-state index in [4.69, 9.17) is 0 Å². The Hall–Kier alpha value is -3.98. The summed E-state index contributed by atoms with van der Waals surface area (Å²) in [6, 6.07) is 25.4. The summed E-state index contributed by atoms with van der Waals surface area (Å²) in [6.07, 6.45) is 16.0. The van der Waals surface area contributed by atoms with Crippen molar-refractivity contribution in [1.29, 1.82) is 0 Å². The molecule has 0 bridgehead atoms. The topological polar surface area (TPSA) is 80.5 Å². The van der Waals surface area contributed by atoms with Crippen molar-refractivity contribution < 1.29 is 22.3 Å². The second-order valence-electron chi connectivity index (χ2n) is 18.4. The van der Waals surface area contributed by atoms with Crippen LogP contribution < -0.4 is 4.90 Å². The van der Waals surface area contributed by atoms with Crippen molar-refractivity contribution in [3.05, 3.63) is 136 Å². The van der Waals surface area contributed by atoms with Gasteiger partial charge in [-0.15, -0.1) is 0 Å². The average molecular weight is 819 g/mol. The van der Waals surface area contributed by atoms with Crippen molar-refractivity contribution >= 4 is 44.7 Å². The van der Waals surface area contributed by atoms with Gasteiger partial charge in [-0.25, -0.2) is 8.42 Å². The van der Waals surface area contributed by atoms with Crippen LogP contribution in [0.1, 0.15) is 128 Å². The maximum atomic E-state index is 13.1. The van der Waals surface area contributed by atoms with Crippen LogP contribution in [-0.2, 0) is 20.9 Å². The summed E-state index contributed by atoms with van der Waals surface area (Å²) in [4.78, 5) is 18.0. The molecule has 0 aromatic heterocycles. The van der Waals surface area contributed by atoms with Crippen molar-refractivity contribution in [3.8, 4) is 0 Å². The number of anilines is 1. The molecular formula is C50H62N2O4S2. The number of nitrogens with zero attached hydrogens (tertiary/aromatic N) is 2. The Kier molecular flexibility index (Phi) is 13.3. The van der Waals surface area contributed by atoms with Gasteiger partial charge in [0.05, 0.1) is 15.5 Å². The second-order valence-corrected chi connectivity index (χ2v) is 21.0.